The van der Waals surface area contributed by atoms with Crippen LogP contribution in [0.5, 0.6) is 11.5 Å². The van der Waals surface area contributed by atoms with Crippen molar-refractivity contribution in [3.8, 4) is 11.5 Å². The van der Waals surface area contributed by atoms with Crippen LogP contribution in [0.3, 0.4) is 0 Å². The number of ether oxygens (including phenoxy) is 2. The van der Waals surface area contributed by atoms with Gasteiger partial charge in [-0.2, -0.15) is 0 Å². The van der Waals surface area contributed by atoms with Gasteiger partial charge in [-0.1, -0.05) is 72.3 Å². The SMILES string of the molecule is CC1CCN(C(Cc2cccc3ccccc23)C(N)=O)C(=O)C(c2cccc(Cl)c2)N1C(=O)Cc1ccc2c(c1)OCO2. The van der Waals surface area contributed by atoms with E-state index in [1.807, 2.05) is 55.5 Å². The summed E-state index contributed by atoms with van der Waals surface area (Å²) >= 11 is 6.38. The lowest BCUT2D eigenvalue weighted by atomic mass is 9.96. The van der Waals surface area contributed by atoms with E-state index < -0.39 is 18.0 Å². The summed E-state index contributed by atoms with van der Waals surface area (Å²) in [5.74, 6) is 0.0241. The second-order valence-corrected chi connectivity index (χ2v) is 11.5. The van der Waals surface area contributed by atoms with Gasteiger partial charge in [0.05, 0.1) is 6.42 Å². The molecule has 2 aliphatic heterocycles. The molecule has 0 saturated carbocycles. The van der Waals surface area contributed by atoms with Crippen molar-refractivity contribution in [2.75, 3.05) is 13.3 Å². The summed E-state index contributed by atoms with van der Waals surface area (Å²) < 4.78 is 10.9. The second kappa shape index (κ2) is 12.0. The normalized spacial score (nSPS) is 18.9. The molecule has 220 valence electrons. The van der Waals surface area contributed by atoms with Gasteiger partial charge in [0.1, 0.15) is 12.1 Å². The van der Waals surface area contributed by atoms with Crippen LogP contribution in [0.4, 0.5) is 0 Å². The van der Waals surface area contributed by atoms with Crippen LogP contribution in [-0.2, 0) is 27.2 Å². The Bertz CT molecular complexity index is 1700. The van der Waals surface area contributed by atoms with Gasteiger partial charge in [-0.25, -0.2) is 0 Å². The van der Waals surface area contributed by atoms with Crippen molar-refractivity contribution >= 4 is 40.1 Å². The maximum Gasteiger partial charge on any atom is 0.250 e. The van der Waals surface area contributed by atoms with Gasteiger partial charge in [0.25, 0.3) is 5.91 Å². The third-order valence-corrected chi connectivity index (χ3v) is 8.54. The summed E-state index contributed by atoms with van der Waals surface area (Å²) in [5.41, 5.74) is 8.23. The second-order valence-electron chi connectivity index (χ2n) is 11.1. The highest BCUT2D eigenvalue weighted by atomic mass is 35.5. The van der Waals surface area contributed by atoms with E-state index in [-0.39, 0.29) is 44.0 Å². The average Bonchev–Trinajstić information content (AvgIpc) is 3.42. The van der Waals surface area contributed by atoms with Gasteiger partial charge in [-0.05, 0) is 65.1 Å². The number of rotatable bonds is 7. The van der Waals surface area contributed by atoms with Crippen molar-refractivity contribution in [2.24, 2.45) is 5.73 Å². The van der Waals surface area contributed by atoms with Gasteiger partial charge >= 0.3 is 0 Å². The van der Waals surface area contributed by atoms with Gasteiger partial charge < -0.3 is 25.0 Å². The Morgan fingerprint density at radius 1 is 0.977 bits per heavy atom. The van der Waals surface area contributed by atoms with Crippen LogP contribution in [0.25, 0.3) is 10.8 Å². The fourth-order valence-electron chi connectivity index (χ4n) is 6.14. The molecule has 0 spiro atoms. The molecule has 3 atom stereocenters. The van der Waals surface area contributed by atoms with Crippen molar-refractivity contribution in [1.82, 2.24) is 9.80 Å². The van der Waals surface area contributed by atoms with Crippen LogP contribution in [0, 0.1) is 0 Å². The van der Waals surface area contributed by atoms with Gasteiger partial charge in [-0.15, -0.1) is 0 Å². The van der Waals surface area contributed by atoms with Crippen LogP contribution in [0.1, 0.15) is 36.1 Å². The first-order valence-corrected chi connectivity index (χ1v) is 14.7. The fraction of sp³-hybridized carbons (Fsp3) is 0.265. The molecule has 43 heavy (non-hydrogen) atoms. The molecule has 6 rings (SSSR count). The molecule has 1 fully saturated rings. The van der Waals surface area contributed by atoms with E-state index in [4.69, 9.17) is 26.8 Å². The van der Waals surface area contributed by atoms with Gasteiger partial charge in [0, 0.05) is 24.0 Å². The third-order valence-electron chi connectivity index (χ3n) is 8.30. The van der Waals surface area contributed by atoms with Crippen molar-refractivity contribution < 1.29 is 23.9 Å². The number of carbonyl (C=O) groups excluding carboxylic acids is 3. The summed E-state index contributed by atoms with van der Waals surface area (Å²) in [6, 6.07) is 24.0. The maximum atomic E-state index is 14.6. The molecule has 3 amide bonds. The molecule has 2 aliphatic rings. The van der Waals surface area contributed by atoms with E-state index in [1.165, 1.54) is 0 Å². The Kier molecular flexibility index (Phi) is 7.95. The molecule has 0 bridgehead atoms. The molecule has 8 nitrogen and oxygen atoms in total. The monoisotopic (exact) mass is 597 g/mol. The largest absolute Gasteiger partial charge is 0.454 e. The first-order valence-electron chi connectivity index (χ1n) is 14.3. The van der Waals surface area contributed by atoms with Crippen LogP contribution >= 0.6 is 11.6 Å². The summed E-state index contributed by atoms with van der Waals surface area (Å²) in [6.45, 7) is 2.33. The first-order chi connectivity index (χ1) is 20.8. The van der Waals surface area contributed by atoms with Crippen molar-refractivity contribution in [3.05, 3.63) is 107 Å². The Balaban J connectivity index is 1.36. The average molecular weight is 598 g/mol. The maximum absolute atomic E-state index is 14.6. The highest BCUT2D eigenvalue weighted by Crippen LogP contribution is 2.35. The van der Waals surface area contributed by atoms with E-state index in [2.05, 4.69) is 0 Å². The standard InChI is InChI=1S/C34H32ClN3O5/c1-21-14-15-37(28(33(36)40)19-24-8-4-7-23-6-2-3-11-27(23)24)34(41)32(25-9-5-10-26(35)18-25)38(21)31(39)17-22-12-13-29-30(16-22)43-20-42-29/h2-13,16,18,21,28,32H,14-15,17,19-20H2,1H3,(H2,36,40). The zero-order valence-corrected chi connectivity index (χ0v) is 24.5. The van der Waals surface area contributed by atoms with Crippen molar-refractivity contribution in [1.29, 1.82) is 0 Å². The number of hydrogen-bond donors (Lipinski definition) is 1. The lowest BCUT2D eigenvalue weighted by Gasteiger charge is -2.36. The molecular weight excluding hydrogens is 566 g/mol. The number of benzene rings is 4. The minimum Gasteiger partial charge on any atom is -0.454 e. The van der Waals surface area contributed by atoms with Gasteiger partial charge in [0.15, 0.2) is 11.5 Å². The van der Waals surface area contributed by atoms with E-state index in [0.29, 0.717) is 28.5 Å². The Morgan fingerprint density at radius 2 is 1.74 bits per heavy atom. The minimum atomic E-state index is -0.993. The molecule has 4 aromatic carbocycles. The minimum absolute atomic E-state index is 0.0561. The lowest BCUT2D eigenvalue weighted by Crippen LogP contribution is -2.52. The summed E-state index contributed by atoms with van der Waals surface area (Å²) in [4.78, 5) is 44.8. The highest BCUT2D eigenvalue weighted by Gasteiger charge is 2.43. The number of carbonyl (C=O) groups is 3. The molecule has 0 aromatic heterocycles. The molecule has 2 N–H and O–H groups in total. The van der Waals surface area contributed by atoms with Crippen molar-refractivity contribution in [3.63, 3.8) is 0 Å². The zero-order valence-electron chi connectivity index (χ0n) is 23.7. The topological polar surface area (TPSA) is 102 Å². The van der Waals surface area contributed by atoms with E-state index >= 15 is 0 Å². The number of amides is 3. The predicted octanol–water partition coefficient (Wildman–Crippen LogP) is 5.05. The van der Waals surface area contributed by atoms with E-state index in [1.54, 1.807) is 46.2 Å². The molecule has 9 heteroatoms. The van der Waals surface area contributed by atoms with Crippen LogP contribution in [-0.4, -0.2) is 52.9 Å². The molecular formula is C34H32ClN3O5. The molecule has 4 aromatic rings. The molecule has 3 unspecified atom stereocenters. The van der Waals surface area contributed by atoms with E-state index in [0.717, 1.165) is 21.9 Å². The van der Waals surface area contributed by atoms with Gasteiger partial charge in [0.2, 0.25) is 18.6 Å². The lowest BCUT2D eigenvalue weighted by molar-refractivity contribution is -0.148. The summed E-state index contributed by atoms with van der Waals surface area (Å²) in [6.07, 6.45) is 0.778. The predicted molar refractivity (Wildman–Crippen MR) is 164 cm³/mol. The van der Waals surface area contributed by atoms with Crippen LogP contribution < -0.4 is 15.2 Å². The Morgan fingerprint density at radius 3 is 2.56 bits per heavy atom. The number of halogens is 1. The molecule has 2 heterocycles. The zero-order chi connectivity index (χ0) is 30.1. The number of fused-ring (bicyclic) bond motifs is 2. The van der Waals surface area contributed by atoms with Gasteiger partial charge in [-0.3, -0.25) is 14.4 Å². The number of nitrogens with zero attached hydrogens (tertiary/aromatic N) is 2. The fourth-order valence-corrected chi connectivity index (χ4v) is 6.34. The number of primary amides is 1. The summed E-state index contributed by atoms with van der Waals surface area (Å²) in [5, 5.41) is 2.48. The third kappa shape index (κ3) is 5.75. The number of hydrogen-bond acceptors (Lipinski definition) is 5. The first kappa shape index (κ1) is 28.6. The molecule has 1 saturated heterocycles. The van der Waals surface area contributed by atoms with Crippen molar-refractivity contribution in [2.45, 2.75) is 44.3 Å². The smallest absolute Gasteiger partial charge is 0.250 e. The molecule has 0 aliphatic carbocycles. The Hall–Kier alpha value is -4.56. The van der Waals surface area contributed by atoms with Crippen LogP contribution in [0.2, 0.25) is 5.02 Å². The molecule has 0 radical (unpaired) electrons. The summed E-state index contributed by atoms with van der Waals surface area (Å²) in [7, 11) is 0. The van der Waals surface area contributed by atoms with Crippen LogP contribution in [0.15, 0.2) is 84.9 Å². The highest BCUT2D eigenvalue weighted by molar-refractivity contribution is 6.30. The number of nitrogens with two attached hydrogens (primary N) is 1. The Labute approximate surface area is 254 Å². The van der Waals surface area contributed by atoms with E-state index in [9.17, 15) is 14.4 Å². The quantitative estimate of drug-likeness (QED) is 0.321.